The first-order chi connectivity index (χ1) is 9.25. The molecule has 0 aliphatic carbocycles. The summed E-state index contributed by atoms with van der Waals surface area (Å²) in [6.45, 7) is 6.24. The van der Waals surface area contributed by atoms with Crippen molar-refractivity contribution in [2.24, 2.45) is 0 Å². The first kappa shape index (κ1) is 12.3. The molecule has 1 fully saturated rings. The third-order valence-corrected chi connectivity index (χ3v) is 3.37. The van der Waals surface area contributed by atoms with Crippen LogP contribution in [0.1, 0.15) is 23.0 Å². The van der Waals surface area contributed by atoms with Crippen molar-refractivity contribution < 1.29 is 9.26 Å². The zero-order valence-corrected chi connectivity index (χ0v) is 11.1. The molecular weight excluding hydrogens is 242 g/mol. The van der Waals surface area contributed by atoms with E-state index in [1.54, 1.807) is 0 Å². The molecule has 2 heterocycles. The molecule has 0 spiro atoms. The van der Waals surface area contributed by atoms with E-state index in [0.29, 0.717) is 18.3 Å². The van der Waals surface area contributed by atoms with Gasteiger partial charge in [-0.3, -0.25) is 0 Å². The maximum atomic E-state index is 5.41. The number of aromatic nitrogens is 2. The van der Waals surface area contributed by atoms with E-state index in [9.17, 15) is 0 Å². The zero-order valence-electron chi connectivity index (χ0n) is 11.1. The number of hydrogen-bond acceptors (Lipinski definition) is 5. The predicted molar refractivity (Wildman–Crippen MR) is 70.8 cm³/mol. The highest BCUT2D eigenvalue weighted by Gasteiger charge is 2.22. The van der Waals surface area contributed by atoms with Crippen molar-refractivity contribution in [2.45, 2.75) is 19.9 Å². The van der Waals surface area contributed by atoms with Gasteiger partial charge in [0.15, 0.2) is 5.82 Å². The predicted octanol–water partition coefficient (Wildman–Crippen LogP) is 2.01. The molecule has 1 aromatic carbocycles. The summed E-state index contributed by atoms with van der Waals surface area (Å²) in [6.07, 6.45) is 0. The summed E-state index contributed by atoms with van der Waals surface area (Å²) < 4.78 is 10.8. The van der Waals surface area contributed by atoms with Gasteiger partial charge < -0.3 is 14.6 Å². The molecule has 1 saturated heterocycles. The minimum absolute atomic E-state index is 0.0237. The van der Waals surface area contributed by atoms with Gasteiger partial charge in [-0.05, 0) is 25.0 Å². The Kier molecular flexibility index (Phi) is 3.31. The molecule has 1 aromatic heterocycles. The van der Waals surface area contributed by atoms with Gasteiger partial charge in [0.25, 0.3) is 5.89 Å². The van der Waals surface area contributed by atoms with Gasteiger partial charge in [-0.2, -0.15) is 4.98 Å². The minimum Gasteiger partial charge on any atom is -0.378 e. The van der Waals surface area contributed by atoms with Gasteiger partial charge in [-0.15, -0.1) is 0 Å². The molecule has 0 amide bonds. The van der Waals surface area contributed by atoms with Crippen molar-refractivity contribution in [3.8, 4) is 11.5 Å². The lowest BCUT2D eigenvalue weighted by Crippen LogP contribution is -2.35. The van der Waals surface area contributed by atoms with Crippen molar-refractivity contribution in [3.05, 3.63) is 35.2 Å². The lowest BCUT2D eigenvalue weighted by atomic mass is 10.0. The number of nitrogens with one attached hydrogen (secondary N) is 1. The van der Waals surface area contributed by atoms with Crippen LogP contribution < -0.4 is 5.32 Å². The summed E-state index contributed by atoms with van der Waals surface area (Å²) >= 11 is 0. The van der Waals surface area contributed by atoms with Crippen molar-refractivity contribution in [2.75, 3.05) is 19.8 Å². The van der Waals surface area contributed by atoms with Gasteiger partial charge in [-0.25, -0.2) is 0 Å². The maximum Gasteiger partial charge on any atom is 0.258 e. The molecule has 0 saturated carbocycles. The van der Waals surface area contributed by atoms with E-state index in [4.69, 9.17) is 9.26 Å². The summed E-state index contributed by atoms with van der Waals surface area (Å²) in [4.78, 5) is 4.51. The second-order valence-corrected chi connectivity index (χ2v) is 4.81. The van der Waals surface area contributed by atoms with Gasteiger partial charge in [0.2, 0.25) is 0 Å². The van der Waals surface area contributed by atoms with Gasteiger partial charge >= 0.3 is 0 Å². The summed E-state index contributed by atoms with van der Waals surface area (Å²) in [7, 11) is 0. The van der Waals surface area contributed by atoms with Crippen LogP contribution in [0.5, 0.6) is 0 Å². The number of hydrogen-bond donors (Lipinski definition) is 1. The highest BCUT2D eigenvalue weighted by atomic mass is 16.5. The molecular formula is C14H17N3O2. The molecule has 2 aromatic rings. The normalized spacial score (nSPS) is 19.6. The average Bonchev–Trinajstić information content (AvgIpc) is 2.89. The number of rotatable bonds is 2. The Balaban J connectivity index is 1.92. The van der Waals surface area contributed by atoms with E-state index in [2.05, 4.69) is 15.5 Å². The Hall–Kier alpha value is -1.72. The average molecular weight is 259 g/mol. The standard InChI is InChI=1S/C14H17N3O2/c1-9-4-3-5-10(2)12(9)14-16-13(17-19-14)11-8-18-7-6-15-11/h3-5,11,15H,6-8H2,1-2H3. The first-order valence-electron chi connectivity index (χ1n) is 6.47. The van der Waals surface area contributed by atoms with Gasteiger partial charge in [0.1, 0.15) is 0 Å². The maximum absolute atomic E-state index is 5.41. The van der Waals surface area contributed by atoms with Gasteiger partial charge in [0.05, 0.1) is 19.3 Å². The van der Waals surface area contributed by atoms with Crippen LogP contribution in [0.2, 0.25) is 0 Å². The number of morpholine rings is 1. The summed E-state index contributed by atoms with van der Waals surface area (Å²) in [5.41, 5.74) is 3.31. The quantitative estimate of drug-likeness (QED) is 0.894. The van der Waals surface area contributed by atoms with Crippen LogP contribution in [0.25, 0.3) is 11.5 Å². The number of ether oxygens (including phenoxy) is 1. The summed E-state index contributed by atoms with van der Waals surface area (Å²) in [5, 5.41) is 7.39. The van der Waals surface area contributed by atoms with E-state index in [-0.39, 0.29) is 6.04 Å². The third kappa shape index (κ3) is 2.39. The Labute approximate surface area is 112 Å². The lowest BCUT2D eigenvalue weighted by molar-refractivity contribution is 0.0734. The van der Waals surface area contributed by atoms with Crippen LogP contribution in [0.15, 0.2) is 22.7 Å². The van der Waals surface area contributed by atoms with E-state index in [0.717, 1.165) is 29.8 Å². The molecule has 0 radical (unpaired) electrons. The monoisotopic (exact) mass is 259 g/mol. The number of benzene rings is 1. The molecule has 1 aliphatic rings. The largest absolute Gasteiger partial charge is 0.378 e. The van der Waals surface area contributed by atoms with E-state index < -0.39 is 0 Å². The van der Waals surface area contributed by atoms with E-state index in [1.165, 1.54) is 0 Å². The minimum atomic E-state index is 0.0237. The highest BCUT2D eigenvalue weighted by Crippen LogP contribution is 2.26. The van der Waals surface area contributed by atoms with Crippen LogP contribution >= 0.6 is 0 Å². The van der Waals surface area contributed by atoms with Crippen LogP contribution in [0, 0.1) is 13.8 Å². The molecule has 1 aliphatic heterocycles. The van der Waals surface area contributed by atoms with Crippen molar-refractivity contribution in [1.82, 2.24) is 15.5 Å². The van der Waals surface area contributed by atoms with Crippen LogP contribution in [-0.2, 0) is 4.74 Å². The molecule has 1 unspecified atom stereocenters. The highest BCUT2D eigenvalue weighted by molar-refractivity contribution is 5.62. The van der Waals surface area contributed by atoms with Crippen LogP contribution in [-0.4, -0.2) is 29.9 Å². The number of nitrogens with zero attached hydrogens (tertiary/aromatic N) is 2. The summed E-state index contributed by atoms with van der Waals surface area (Å²) in [6, 6.07) is 6.15. The van der Waals surface area contributed by atoms with Crippen molar-refractivity contribution in [1.29, 1.82) is 0 Å². The fourth-order valence-corrected chi connectivity index (χ4v) is 2.36. The van der Waals surface area contributed by atoms with E-state index >= 15 is 0 Å². The molecule has 3 rings (SSSR count). The Bertz CT molecular complexity index is 554. The van der Waals surface area contributed by atoms with Crippen LogP contribution in [0.3, 0.4) is 0 Å². The smallest absolute Gasteiger partial charge is 0.258 e. The van der Waals surface area contributed by atoms with Gasteiger partial charge in [-0.1, -0.05) is 23.4 Å². The molecule has 0 bridgehead atoms. The fourth-order valence-electron chi connectivity index (χ4n) is 2.36. The van der Waals surface area contributed by atoms with E-state index in [1.807, 2.05) is 32.0 Å². The second-order valence-electron chi connectivity index (χ2n) is 4.81. The molecule has 5 heteroatoms. The SMILES string of the molecule is Cc1cccc(C)c1-c1nc(C2COCCN2)no1. The number of aryl methyl sites for hydroxylation is 2. The molecule has 19 heavy (non-hydrogen) atoms. The van der Waals surface area contributed by atoms with Gasteiger partial charge in [0, 0.05) is 12.1 Å². The summed E-state index contributed by atoms with van der Waals surface area (Å²) in [5.74, 6) is 1.25. The first-order valence-corrected chi connectivity index (χ1v) is 6.47. The molecule has 5 nitrogen and oxygen atoms in total. The zero-order chi connectivity index (χ0) is 13.2. The molecule has 1 N–H and O–H groups in total. The Morgan fingerprint density at radius 2 is 2.05 bits per heavy atom. The second kappa shape index (κ2) is 5.11. The Morgan fingerprint density at radius 3 is 2.74 bits per heavy atom. The van der Waals surface area contributed by atoms with Crippen LogP contribution in [0.4, 0.5) is 0 Å². The molecule has 1 atom stereocenters. The fraction of sp³-hybridized carbons (Fsp3) is 0.429. The third-order valence-electron chi connectivity index (χ3n) is 3.37. The lowest BCUT2D eigenvalue weighted by Gasteiger charge is -2.20. The topological polar surface area (TPSA) is 60.2 Å². The Morgan fingerprint density at radius 1 is 1.26 bits per heavy atom. The van der Waals surface area contributed by atoms with Crippen molar-refractivity contribution in [3.63, 3.8) is 0 Å². The van der Waals surface area contributed by atoms with Crippen molar-refractivity contribution >= 4 is 0 Å². The molecule has 100 valence electrons.